The first-order valence-corrected chi connectivity index (χ1v) is 6.82. The summed E-state index contributed by atoms with van der Waals surface area (Å²) in [6.07, 6.45) is 0. The van der Waals surface area contributed by atoms with Crippen LogP contribution in [0.1, 0.15) is 10.4 Å². The molecule has 0 heterocycles. The Labute approximate surface area is 136 Å². The normalized spacial score (nSPS) is 9.96. The molecule has 0 fully saturated rings. The van der Waals surface area contributed by atoms with E-state index in [4.69, 9.17) is 23.1 Å². The number of carbonyl (C=O) groups excluding carboxylic acids is 3. The number of amides is 3. The van der Waals surface area contributed by atoms with Crippen LogP contribution in [0, 0.1) is 0 Å². The van der Waals surface area contributed by atoms with Crippen LogP contribution in [-0.2, 0) is 9.59 Å². The summed E-state index contributed by atoms with van der Waals surface area (Å²) in [4.78, 5) is 35.3. The number of halogens is 1. The van der Waals surface area contributed by atoms with Gasteiger partial charge >= 0.3 is 11.8 Å². The van der Waals surface area contributed by atoms with Gasteiger partial charge in [0.05, 0.1) is 10.7 Å². The number of hydrogen-bond acceptors (Lipinski definition) is 5. The van der Waals surface area contributed by atoms with Crippen LogP contribution in [-0.4, -0.2) is 17.7 Å². The van der Waals surface area contributed by atoms with Gasteiger partial charge in [-0.05, 0) is 42.5 Å². The largest absolute Gasteiger partial charge is 0.399 e. The van der Waals surface area contributed by atoms with Crippen molar-refractivity contribution in [2.24, 2.45) is 0 Å². The Balaban J connectivity index is 1.99. The number of nitrogen functional groups attached to an aromatic ring is 2. The number of anilines is 3. The minimum Gasteiger partial charge on any atom is -0.399 e. The molecule has 2 rings (SSSR count). The van der Waals surface area contributed by atoms with Crippen molar-refractivity contribution in [3.05, 3.63) is 53.1 Å². The van der Waals surface area contributed by atoms with Crippen LogP contribution < -0.4 is 22.1 Å². The van der Waals surface area contributed by atoms with Gasteiger partial charge in [0, 0.05) is 16.9 Å². The van der Waals surface area contributed by atoms with E-state index in [9.17, 15) is 14.4 Å². The molecule has 8 heteroatoms. The van der Waals surface area contributed by atoms with E-state index in [-0.39, 0.29) is 16.3 Å². The zero-order valence-electron chi connectivity index (χ0n) is 11.8. The first-order chi connectivity index (χ1) is 10.9. The maximum atomic E-state index is 11.8. The van der Waals surface area contributed by atoms with E-state index < -0.39 is 17.7 Å². The van der Waals surface area contributed by atoms with Gasteiger partial charge in [0.2, 0.25) is 0 Å². The lowest BCUT2D eigenvalue weighted by Gasteiger charge is -2.07. The molecule has 0 aliphatic carbocycles. The van der Waals surface area contributed by atoms with E-state index in [1.165, 1.54) is 42.5 Å². The average Bonchev–Trinajstić information content (AvgIpc) is 2.51. The first-order valence-electron chi connectivity index (χ1n) is 6.44. The third-order valence-corrected chi connectivity index (χ3v) is 3.19. The molecule has 0 radical (unpaired) electrons. The third kappa shape index (κ3) is 4.21. The summed E-state index contributed by atoms with van der Waals surface area (Å²) in [6, 6.07) is 10.3. The van der Waals surface area contributed by atoms with Gasteiger partial charge in [0.25, 0.3) is 5.91 Å². The summed E-state index contributed by atoms with van der Waals surface area (Å²) < 4.78 is 0. The van der Waals surface area contributed by atoms with Crippen molar-refractivity contribution < 1.29 is 14.4 Å². The van der Waals surface area contributed by atoms with Crippen molar-refractivity contribution in [2.45, 2.75) is 0 Å². The van der Waals surface area contributed by atoms with Crippen LogP contribution in [0.15, 0.2) is 42.5 Å². The molecular weight excluding hydrogens is 320 g/mol. The molecule has 7 nitrogen and oxygen atoms in total. The van der Waals surface area contributed by atoms with Gasteiger partial charge in [-0.15, -0.1) is 0 Å². The predicted molar refractivity (Wildman–Crippen MR) is 87.8 cm³/mol. The lowest BCUT2D eigenvalue weighted by molar-refractivity contribution is -0.135. The lowest BCUT2D eigenvalue weighted by atomic mass is 10.2. The number of carbonyl (C=O) groups is 3. The van der Waals surface area contributed by atoms with Gasteiger partial charge in [-0.2, -0.15) is 0 Å². The summed E-state index contributed by atoms with van der Waals surface area (Å²) in [6.45, 7) is 0. The number of rotatable bonds is 2. The zero-order chi connectivity index (χ0) is 17.0. The summed E-state index contributed by atoms with van der Waals surface area (Å²) in [5, 5.41) is 4.52. The van der Waals surface area contributed by atoms with Gasteiger partial charge in [-0.1, -0.05) is 11.6 Å². The molecule has 0 spiro atoms. The number of benzene rings is 2. The van der Waals surface area contributed by atoms with E-state index in [0.29, 0.717) is 11.4 Å². The number of imide groups is 1. The number of hydrogen-bond donors (Lipinski definition) is 4. The van der Waals surface area contributed by atoms with E-state index in [1.807, 2.05) is 5.32 Å². The Hall–Kier alpha value is -3.06. The van der Waals surface area contributed by atoms with Crippen LogP contribution in [0.4, 0.5) is 17.1 Å². The molecular formula is C15H13ClN4O3. The Morgan fingerprint density at radius 2 is 1.57 bits per heavy atom. The minimum atomic E-state index is -1.10. The van der Waals surface area contributed by atoms with Gasteiger partial charge in [-0.3, -0.25) is 19.7 Å². The van der Waals surface area contributed by atoms with Crippen molar-refractivity contribution in [3.8, 4) is 0 Å². The van der Waals surface area contributed by atoms with Crippen LogP contribution in [0.25, 0.3) is 0 Å². The standard InChI is InChI=1S/C15H13ClN4O3/c16-11-7-10(5-6-12(11)18)19-14(22)15(23)20-13(21)8-1-3-9(17)4-2-8/h1-7H,17-18H2,(H,19,22)(H,20,21,23). The molecule has 2 aromatic carbocycles. The summed E-state index contributed by atoms with van der Waals surface area (Å²) in [7, 11) is 0. The predicted octanol–water partition coefficient (Wildman–Crippen LogP) is 1.40. The second kappa shape index (κ2) is 6.80. The molecule has 2 aromatic rings. The van der Waals surface area contributed by atoms with Gasteiger partial charge < -0.3 is 16.8 Å². The third-order valence-electron chi connectivity index (χ3n) is 2.86. The highest BCUT2D eigenvalue weighted by molar-refractivity contribution is 6.42. The Bertz CT molecular complexity index is 775. The molecule has 6 N–H and O–H groups in total. The summed E-state index contributed by atoms with van der Waals surface area (Å²) in [5.74, 6) is -2.81. The van der Waals surface area contributed by atoms with E-state index >= 15 is 0 Å². The van der Waals surface area contributed by atoms with Crippen molar-refractivity contribution in [3.63, 3.8) is 0 Å². The zero-order valence-corrected chi connectivity index (χ0v) is 12.6. The van der Waals surface area contributed by atoms with Crippen LogP contribution in [0.3, 0.4) is 0 Å². The summed E-state index contributed by atoms with van der Waals surface area (Å²) in [5.41, 5.74) is 12.3. The van der Waals surface area contributed by atoms with Crippen molar-refractivity contribution >= 4 is 46.4 Å². The Morgan fingerprint density at radius 3 is 2.17 bits per heavy atom. The van der Waals surface area contributed by atoms with Gasteiger partial charge in [0.15, 0.2) is 0 Å². The molecule has 118 valence electrons. The fourth-order valence-electron chi connectivity index (χ4n) is 1.66. The highest BCUT2D eigenvalue weighted by atomic mass is 35.5. The average molecular weight is 333 g/mol. The quantitative estimate of drug-likeness (QED) is 0.488. The molecule has 0 saturated heterocycles. The van der Waals surface area contributed by atoms with Crippen molar-refractivity contribution in [2.75, 3.05) is 16.8 Å². The maximum absolute atomic E-state index is 11.8. The maximum Gasteiger partial charge on any atom is 0.316 e. The van der Waals surface area contributed by atoms with E-state index in [0.717, 1.165) is 0 Å². The smallest absolute Gasteiger partial charge is 0.316 e. The van der Waals surface area contributed by atoms with Crippen LogP contribution >= 0.6 is 11.6 Å². The van der Waals surface area contributed by atoms with Gasteiger partial charge in [-0.25, -0.2) is 0 Å². The molecule has 0 aliphatic rings. The van der Waals surface area contributed by atoms with Gasteiger partial charge in [0.1, 0.15) is 0 Å². The second-order valence-corrected chi connectivity index (χ2v) is 5.00. The highest BCUT2D eigenvalue weighted by Crippen LogP contribution is 2.22. The Morgan fingerprint density at radius 1 is 0.913 bits per heavy atom. The topological polar surface area (TPSA) is 127 Å². The number of nitrogens with one attached hydrogen (secondary N) is 2. The molecule has 0 bridgehead atoms. The molecule has 23 heavy (non-hydrogen) atoms. The fraction of sp³-hybridized carbons (Fsp3) is 0. The Kier molecular flexibility index (Phi) is 4.82. The molecule has 0 aliphatic heterocycles. The fourth-order valence-corrected chi connectivity index (χ4v) is 1.84. The molecule has 0 unspecified atom stereocenters. The second-order valence-electron chi connectivity index (χ2n) is 4.60. The van der Waals surface area contributed by atoms with Crippen molar-refractivity contribution in [1.29, 1.82) is 0 Å². The monoisotopic (exact) mass is 332 g/mol. The SMILES string of the molecule is Nc1ccc(C(=O)NC(=O)C(=O)Nc2ccc(N)c(Cl)c2)cc1. The molecule has 0 saturated carbocycles. The van der Waals surface area contributed by atoms with Crippen LogP contribution in [0.2, 0.25) is 5.02 Å². The lowest BCUT2D eigenvalue weighted by Crippen LogP contribution is -2.39. The molecule has 3 amide bonds. The highest BCUT2D eigenvalue weighted by Gasteiger charge is 2.18. The van der Waals surface area contributed by atoms with E-state index in [2.05, 4.69) is 5.32 Å². The minimum absolute atomic E-state index is 0.205. The number of nitrogens with two attached hydrogens (primary N) is 2. The molecule has 0 aromatic heterocycles. The first kappa shape index (κ1) is 16.3. The van der Waals surface area contributed by atoms with Crippen molar-refractivity contribution in [1.82, 2.24) is 5.32 Å². The summed E-state index contributed by atoms with van der Waals surface area (Å²) >= 11 is 5.81. The van der Waals surface area contributed by atoms with Crippen LogP contribution in [0.5, 0.6) is 0 Å². The molecule has 0 atom stereocenters. The van der Waals surface area contributed by atoms with E-state index in [1.54, 1.807) is 0 Å².